The van der Waals surface area contributed by atoms with Crippen molar-refractivity contribution in [3.63, 3.8) is 0 Å². The van der Waals surface area contributed by atoms with Crippen LogP contribution in [0.2, 0.25) is 0 Å². The molecule has 33 heavy (non-hydrogen) atoms. The van der Waals surface area contributed by atoms with Gasteiger partial charge in [-0.25, -0.2) is 12.8 Å². The maximum absolute atomic E-state index is 14.2. The largest absolute Gasteiger partial charge is 0.353 e. The van der Waals surface area contributed by atoms with Crippen LogP contribution in [0.5, 0.6) is 0 Å². The second-order valence-electron chi connectivity index (χ2n) is 7.93. The van der Waals surface area contributed by atoms with Crippen LogP contribution in [-0.2, 0) is 21.2 Å². The lowest BCUT2D eigenvalue weighted by Crippen LogP contribution is -2.49. The molecule has 0 aliphatic rings. The number of carbonyl (C=O) groups excluding carboxylic acids is 1. The average Bonchev–Trinajstić information content (AvgIpc) is 2.80. The van der Waals surface area contributed by atoms with Crippen molar-refractivity contribution in [1.82, 2.24) is 14.9 Å². The topological polar surface area (TPSA) is 78.5 Å². The normalized spacial score (nSPS) is 13.5. The number of sulfonamides is 1. The molecule has 0 aromatic heterocycles. The Bertz CT molecular complexity index is 1160. The molecule has 3 aromatic rings. The minimum Gasteiger partial charge on any atom is -0.353 e. The van der Waals surface area contributed by atoms with E-state index in [2.05, 4.69) is 10.0 Å². The first kappa shape index (κ1) is 24.6. The summed E-state index contributed by atoms with van der Waals surface area (Å²) in [7, 11) is -0.441. The van der Waals surface area contributed by atoms with Gasteiger partial charge in [-0.2, -0.15) is 4.72 Å². The summed E-state index contributed by atoms with van der Waals surface area (Å²) in [6.45, 7) is 0.280. The molecule has 3 aromatic carbocycles. The van der Waals surface area contributed by atoms with Gasteiger partial charge in [0, 0.05) is 6.54 Å². The maximum Gasteiger partial charge on any atom is 0.244 e. The molecule has 3 rings (SSSR count). The van der Waals surface area contributed by atoms with Crippen LogP contribution in [0.15, 0.2) is 89.8 Å². The molecule has 0 spiro atoms. The van der Waals surface area contributed by atoms with Gasteiger partial charge >= 0.3 is 0 Å². The highest BCUT2D eigenvalue weighted by molar-refractivity contribution is 7.89. The number of likely N-dealkylation sites (N-methyl/N-ethyl adjacent to an activating group) is 1. The molecule has 0 saturated carbocycles. The monoisotopic (exact) mass is 469 g/mol. The second-order valence-corrected chi connectivity index (χ2v) is 9.61. The molecule has 1 amide bonds. The quantitative estimate of drug-likeness (QED) is 0.478. The summed E-state index contributed by atoms with van der Waals surface area (Å²) < 4.78 is 42.3. The second kappa shape index (κ2) is 11.2. The minimum absolute atomic E-state index is 0.101. The fraction of sp³-hybridized carbons (Fsp3) is 0.240. The lowest BCUT2D eigenvalue weighted by molar-refractivity contribution is -0.122. The Morgan fingerprint density at radius 3 is 2.09 bits per heavy atom. The van der Waals surface area contributed by atoms with E-state index < -0.39 is 32.7 Å². The summed E-state index contributed by atoms with van der Waals surface area (Å²) in [6.07, 6.45) is 0.123. The van der Waals surface area contributed by atoms with Crippen molar-refractivity contribution >= 4 is 15.9 Å². The van der Waals surface area contributed by atoms with Crippen LogP contribution < -0.4 is 10.0 Å². The van der Waals surface area contributed by atoms with Gasteiger partial charge in [0.1, 0.15) is 16.8 Å². The number of carbonyl (C=O) groups is 1. The third-order valence-corrected chi connectivity index (χ3v) is 6.80. The summed E-state index contributed by atoms with van der Waals surface area (Å²) in [5.74, 6) is -1.36. The van der Waals surface area contributed by atoms with Gasteiger partial charge < -0.3 is 10.2 Å². The molecule has 0 saturated heterocycles. The molecule has 6 nitrogen and oxygen atoms in total. The van der Waals surface area contributed by atoms with Gasteiger partial charge in [-0.15, -0.1) is 0 Å². The SMILES string of the molecule is CN(C)[C@H](CNC(=O)[C@@H](Cc1ccccc1)NS(=O)(=O)c1ccccc1F)c1ccccc1. The third-order valence-electron chi connectivity index (χ3n) is 5.30. The highest BCUT2D eigenvalue weighted by Crippen LogP contribution is 2.18. The van der Waals surface area contributed by atoms with E-state index in [1.165, 1.54) is 18.2 Å². The van der Waals surface area contributed by atoms with Gasteiger partial charge in [0.05, 0.1) is 6.04 Å². The molecule has 8 heteroatoms. The molecule has 0 bridgehead atoms. The summed E-state index contributed by atoms with van der Waals surface area (Å²) in [5.41, 5.74) is 1.80. The summed E-state index contributed by atoms with van der Waals surface area (Å²) in [6, 6.07) is 22.7. The number of benzene rings is 3. The summed E-state index contributed by atoms with van der Waals surface area (Å²) in [5, 5.41) is 2.87. The lowest BCUT2D eigenvalue weighted by Gasteiger charge is -2.26. The van der Waals surface area contributed by atoms with E-state index in [1.54, 1.807) is 0 Å². The number of hydrogen-bond acceptors (Lipinski definition) is 4. The fourth-order valence-corrected chi connectivity index (χ4v) is 4.82. The van der Waals surface area contributed by atoms with Crippen molar-refractivity contribution in [3.05, 3.63) is 102 Å². The highest BCUT2D eigenvalue weighted by atomic mass is 32.2. The first-order valence-corrected chi connectivity index (χ1v) is 12.1. The zero-order chi connectivity index (χ0) is 23.8. The molecule has 0 radical (unpaired) electrons. The fourth-order valence-electron chi connectivity index (χ4n) is 3.55. The molecule has 2 N–H and O–H groups in total. The van der Waals surface area contributed by atoms with E-state index in [1.807, 2.05) is 79.7 Å². The van der Waals surface area contributed by atoms with Gasteiger partial charge in [0.2, 0.25) is 15.9 Å². The molecule has 0 aliphatic carbocycles. The standard InChI is InChI=1S/C25H28FN3O3S/c1-29(2)23(20-13-7-4-8-14-20)18-27-25(30)22(17-19-11-5-3-6-12-19)28-33(31,32)24-16-10-9-15-21(24)26/h3-16,22-23,28H,17-18H2,1-2H3,(H,27,30)/t22-,23-/m1/s1. The van der Waals surface area contributed by atoms with Crippen LogP contribution in [0, 0.1) is 5.82 Å². The number of hydrogen-bond donors (Lipinski definition) is 2. The number of rotatable bonds is 10. The average molecular weight is 470 g/mol. The highest BCUT2D eigenvalue weighted by Gasteiger charge is 2.28. The Kier molecular flexibility index (Phi) is 8.32. The zero-order valence-corrected chi connectivity index (χ0v) is 19.4. The van der Waals surface area contributed by atoms with E-state index in [0.717, 1.165) is 17.2 Å². The predicted octanol–water partition coefficient (Wildman–Crippen LogP) is 3.13. The van der Waals surface area contributed by atoms with Crippen LogP contribution in [-0.4, -0.2) is 45.9 Å². The molecule has 0 aliphatic heterocycles. The van der Waals surface area contributed by atoms with E-state index in [0.29, 0.717) is 0 Å². The van der Waals surface area contributed by atoms with Gasteiger partial charge in [-0.05, 0) is 43.8 Å². The van der Waals surface area contributed by atoms with Crippen molar-refractivity contribution < 1.29 is 17.6 Å². The molecular weight excluding hydrogens is 441 g/mol. The van der Waals surface area contributed by atoms with Crippen LogP contribution in [0.3, 0.4) is 0 Å². The number of nitrogens with one attached hydrogen (secondary N) is 2. The van der Waals surface area contributed by atoms with Gasteiger partial charge in [-0.3, -0.25) is 4.79 Å². The molecule has 0 fully saturated rings. The first-order valence-electron chi connectivity index (χ1n) is 10.6. The van der Waals surface area contributed by atoms with Crippen molar-refractivity contribution in [2.24, 2.45) is 0 Å². The third kappa shape index (κ3) is 6.71. The zero-order valence-electron chi connectivity index (χ0n) is 18.6. The van der Waals surface area contributed by atoms with Gasteiger partial charge in [0.15, 0.2) is 0 Å². The maximum atomic E-state index is 14.2. The Morgan fingerprint density at radius 2 is 1.48 bits per heavy atom. The predicted molar refractivity (Wildman–Crippen MR) is 127 cm³/mol. The molecule has 0 heterocycles. The van der Waals surface area contributed by atoms with Crippen LogP contribution in [0.1, 0.15) is 17.2 Å². The van der Waals surface area contributed by atoms with Crippen LogP contribution in [0.25, 0.3) is 0 Å². The van der Waals surface area contributed by atoms with E-state index >= 15 is 0 Å². The van der Waals surface area contributed by atoms with Crippen molar-refractivity contribution in [1.29, 1.82) is 0 Å². The van der Waals surface area contributed by atoms with Gasteiger partial charge in [0.25, 0.3) is 0 Å². The number of nitrogens with zero attached hydrogens (tertiary/aromatic N) is 1. The van der Waals surface area contributed by atoms with E-state index in [-0.39, 0.29) is 19.0 Å². The molecule has 0 unspecified atom stereocenters. The Hall–Kier alpha value is -3.07. The summed E-state index contributed by atoms with van der Waals surface area (Å²) in [4.78, 5) is 14.6. The lowest BCUT2D eigenvalue weighted by atomic mass is 10.0. The van der Waals surface area contributed by atoms with Gasteiger partial charge in [-0.1, -0.05) is 72.8 Å². The number of amides is 1. The van der Waals surface area contributed by atoms with Crippen LogP contribution in [0.4, 0.5) is 4.39 Å². The van der Waals surface area contributed by atoms with E-state index in [4.69, 9.17) is 0 Å². The van der Waals surface area contributed by atoms with Crippen molar-refractivity contribution in [2.45, 2.75) is 23.4 Å². The Labute approximate surface area is 194 Å². The van der Waals surface area contributed by atoms with Crippen LogP contribution >= 0.6 is 0 Å². The minimum atomic E-state index is -4.26. The summed E-state index contributed by atoms with van der Waals surface area (Å²) >= 11 is 0. The van der Waals surface area contributed by atoms with Crippen molar-refractivity contribution in [2.75, 3.05) is 20.6 Å². The number of halogens is 1. The Balaban J connectivity index is 1.81. The molecule has 2 atom stereocenters. The van der Waals surface area contributed by atoms with E-state index in [9.17, 15) is 17.6 Å². The molecule has 174 valence electrons. The van der Waals surface area contributed by atoms with Crippen molar-refractivity contribution in [3.8, 4) is 0 Å². The molecular formula is C25H28FN3O3S. The Morgan fingerprint density at radius 1 is 0.909 bits per heavy atom. The smallest absolute Gasteiger partial charge is 0.244 e. The first-order chi connectivity index (χ1) is 15.8.